The SMILES string of the molecule is CCCC(C)(CC)c1cc(OCC(C)O)c(C(N)=O)cc1C(C)(C)CC. The van der Waals surface area contributed by atoms with Gasteiger partial charge in [0.1, 0.15) is 12.4 Å². The van der Waals surface area contributed by atoms with E-state index < -0.39 is 12.0 Å². The van der Waals surface area contributed by atoms with Crippen molar-refractivity contribution in [1.82, 2.24) is 0 Å². The maximum atomic E-state index is 12.1. The van der Waals surface area contributed by atoms with E-state index in [1.165, 1.54) is 5.56 Å². The van der Waals surface area contributed by atoms with Crippen molar-refractivity contribution in [2.75, 3.05) is 6.61 Å². The molecule has 0 bridgehead atoms. The van der Waals surface area contributed by atoms with Gasteiger partial charge in [0.2, 0.25) is 0 Å². The highest BCUT2D eigenvalue weighted by Crippen LogP contribution is 2.43. The first-order valence-electron chi connectivity index (χ1n) is 9.82. The highest BCUT2D eigenvalue weighted by Gasteiger charge is 2.33. The molecule has 26 heavy (non-hydrogen) atoms. The van der Waals surface area contributed by atoms with Crippen LogP contribution < -0.4 is 10.5 Å². The zero-order valence-corrected chi connectivity index (χ0v) is 17.6. The molecule has 4 nitrogen and oxygen atoms in total. The molecule has 0 heterocycles. The maximum Gasteiger partial charge on any atom is 0.252 e. The maximum absolute atomic E-state index is 12.1. The van der Waals surface area contributed by atoms with E-state index in [0.717, 1.165) is 31.2 Å². The summed E-state index contributed by atoms with van der Waals surface area (Å²) in [5, 5.41) is 9.58. The van der Waals surface area contributed by atoms with Crippen LogP contribution in [0.25, 0.3) is 0 Å². The van der Waals surface area contributed by atoms with E-state index in [9.17, 15) is 9.90 Å². The monoisotopic (exact) mass is 363 g/mol. The second kappa shape index (κ2) is 8.90. The molecule has 1 amide bonds. The number of aliphatic hydroxyl groups is 1. The van der Waals surface area contributed by atoms with Crippen molar-refractivity contribution in [2.45, 2.75) is 91.1 Å². The van der Waals surface area contributed by atoms with Crippen LogP contribution in [-0.4, -0.2) is 23.7 Å². The molecule has 1 aromatic carbocycles. The lowest BCUT2D eigenvalue weighted by Gasteiger charge is -2.37. The Balaban J connectivity index is 3.71. The average molecular weight is 364 g/mol. The highest BCUT2D eigenvalue weighted by atomic mass is 16.5. The molecule has 0 aliphatic heterocycles. The Bertz CT molecular complexity index is 622. The van der Waals surface area contributed by atoms with Crippen LogP contribution >= 0.6 is 0 Å². The van der Waals surface area contributed by atoms with Crippen molar-refractivity contribution in [2.24, 2.45) is 5.73 Å². The first-order valence-corrected chi connectivity index (χ1v) is 9.82. The minimum absolute atomic E-state index is 0.00433. The van der Waals surface area contributed by atoms with Gasteiger partial charge >= 0.3 is 0 Å². The van der Waals surface area contributed by atoms with E-state index in [4.69, 9.17) is 10.5 Å². The number of aliphatic hydroxyl groups excluding tert-OH is 1. The lowest BCUT2D eigenvalue weighted by Crippen LogP contribution is -2.29. The third-order valence-electron chi connectivity index (χ3n) is 5.71. The summed E-state index contributed by atoms with van der Waals surface area (Å²) < 4.78 is 5.77. The smallest absolute Gasteiger partial charge is 0.252 e. The lowest BCUT2D eigenvalue weighted by atomic mass is 9.68. The predicted octanol–water partition coefficient (Wildman–Crippen LogP) is 4.70. The summed E-state index contributed by atoms with van der Waals surface area (Å²) in [6.07, 6.45) is 3.48. The fraction of sp³-hybridized carbons (Fsp3) is 0.682. The van der Waals surface area contributed by atoms with Crippen LogP contribution in [0.1, 0.15) is 95.6 Å². The number of carbonyl (C=O) groups is 1. The van der Waals surface area contributed by atoms with Gasteiger partial charge in [-0.25, -0.2) is 0 Å². The summed E-state index contributed by atoms with van der Waals surface area (Å²) in [6, 6.07) is 3.91. The molecule has 0 aromatic heterocycles. The number of hydrogen-bond acceptors (Lipinski definition) is 3. The molecule has 1 rings (SSSR count). The third-order valence-corrected chi connectivity index (χ3v) is 5.71. The Morgan fingerprint density at radius 2 is 1.77 bits per heavy atom. The Morgan fingerprint density at radius 1 is 1.15 bits per heavy atom. The zero-order valence-electron chi connectivity index (χ0n) is 17.6. The molecule has 1 aromatic rings. The van der Waals surface area contributed by atoms with E-state index in [2.05, 4.69) is 41.5 Å². The van der Waals surface area contributed by atoms with Gasteiger partial charge in [-0.1, -0.05) is 48.0 Å². The summed E-state index contributed by atoms with van der Waals surface area (Å²) in [7, 11) is 0. The van der Waals surface area contributed by atoms with Gasteiger partial charge in [-0.2, -0.15) is 0 Å². The van der Waals surface area contributed by atoms with Crippen LogP contribution in [0.15, 0.2) is 12.1 Å². The number of carbonyl (C=O) groups excluding carboxylic acids is 1. The predicted molar refractivity (Wildman–Crippen MR) is 108 cm³/mol. The van der Waals surface area contributed by atoms with Crippen molar-refractivity contribution in [3.8, 4) is 5.75 Å². The molecule has 2 atom stereocenters. The molecule has 4 heteroatoms. The number of hydrogen-bond donors (Lipinski definition) is 2. The van der Waals surface area contributed by atoms with Crippen molar-refractivity contribution >= 4 is 5.91 Å². The van der Waals surface area contributed by atoms with Crippen LogP contribution in [0.2, 0.25) is 0 Å². The number of amides is 1. The summed E-state index contributed by atoms with van der Waals surface area (Å²) in [4.78, 5) is 12.1. The molecule has 2 unspecified atom stereocenters. The van der Waals surface area contributed by atoms with E-state index in [0.29, 0.717) is 11.3 Å². The number of ether oxygens (including phenoxy) is 1. The van der Waals surface area contributed by atoms with Gasteiger partial charge < -0.3 is 15.6 Å². The van der Waals surface area contributed by atoms with Gasteiger partial charge in [-0.15, -0.1) is 0 Å². The Morgan fingerprint density at radius 3 is 2.19 bits per heavy atom. The highest BCUT2D eigenvalue weighted by molar-refractivity contribution is 5.96. The number of benzene rings is 1. The van der Waals surface area contributed by atoms with Crippen molar-refractivity contribution in [3.05, 3.63) is 28.8 Å². The number of nitrogens with two attached hydrogens (primary N) is 1. The Kier molecular flexibility index (Phi) is 7.70. The molecule has 3 N–H and O–H groups in total. The van der Waals surface area contributed by atoms with Gasteiger partial charge in [0.15, 0.2) is 0 Å². The average Bonchev–Trinajstić information content (AvgIpc) is 2.58. The normalized spacial score (nSPS) is 15.4. The number of primary amides is 1. The van der Waals surface area contributed by atoms with Gasteiger partial charge in [0, 0.05) is 0 Å². The Labute approximate surface area is 159 Å². The lowest BCUT2D eigenvalue weighted by molar-refractivity contribution is 0.0982. The van der Waals surface area contributed by atoms with E-state index in [1.807, 2.05) is 12.1 Å². The van der Waals surface area contributed by atoms with Crippen LogP contribution in [0, 0.1) is 0 Å². The molecular weight excluding hydrogens is 326 g/mol. The summed E-state index contributed by atoms with van der Waals surface area (Å²) in [5.41, 5.74) is 8.34. The second-order valence-corrected chi connectivity index (χ2v) is 8.32. The summed E-state index contributed by atoms with van der Waals surface area (Å²) in [5.74, 6) is -0.0289. The molecule has 0 saturated heterocycles. The summed E-state index contributed by atoms with van der Waals surface area (Å²) >= 11 is 0. The largest absolute Gasteiger partial charge is 0.490 e. The van der Waals surface area contributed by atoms with Crippen LogP contribution in [0.5, 0.6) is 5.75 Å². The standard InChI is InChI=1S/C22H37NO3/c1-8-11-22(7,10-3)18-13-19(26-14-15(4)24)16(20(23)25)12-17(18)21(5,6)9-2/h12-13,15,24H,8-11,14H2,1-7H3,(H2,23,25). The first-order chi connectivity index (χ1) is 12.0. The van der Waals surface area contributed by atoms with Crippen LogP contribution in [0.3, 0.4) is 0 Å². The number of rotatable bonds is 10. The second-order valence-electron chi connectivity index (χ2n) is 8.32. The van der Waals surface area contributed by atoms with E-state index in [-0.39, 0.29) is 17.4 Å². The quantitative estimate of drug-likeness (QED) is 0.633. The van der Waals surface area contributed by atoms with Gasteiger partial charge in [0.05, 0.1) is 11.7 Å². The Hall–Kier alpha value is -1.55. The molecule has 0 spiro atoms. The molecular formula is C22H37NO3. The van der Waals surface area contributed by atoms with Crippen LogP contribution in [-0.2, 0) is 10.8 Å². The topological polar surface area (TPSA) is 72.6 Å². The molecule has 0 aliphatic rings. The molecule has 0 fully saturated rings. The summed E-state index contributed by atoms with van der Waals surface area (Å²) in [6.45, 7) is 15.0. The fourth-order valence-electron chi connectivity index (χ4n) is 3.41. The van der Waals surface area contributed by atoms with E-state index >= 15 is 0 Å². The first kappa shape index (κ1) is 22.5. The van der Waals surface area contributed by atoms with Gasteiger partial charge in [-0.05, 0) is 60.3 Å². The van der Waals surface area contributed by atoms with Crippen LogP contribution in [0.4, 0.5) is 0 Å². The van der Waals surface area contributed by atoms with Crippen molar-refractivity contribution in [3.63, 3.8) is 0 Å². The minimum atomic E-state index is -0.612. The third kappa shape index (κ3) is 5.00. The molecule has 0 aliphatic carbocycles. The molecule has 0 radical (unpaired) electrons. The van der Waals surface area contributed by atoms with Crippen molar-refractivity contribution in [1.29, 1.82) is 0 Å². The zero-order chi connectivity index (χ0) is 20.1. The molecule has 148 valence electrons. The van der Waals surface area contributed by atoms with Crippen molar-refractivity contribution < 1.29 is 14.6 Å². The fourth-order valence-corrected chi connectivity index (χ4v) is 3.41. The van der Waals surface area contributed by atoms with E-state index in [1.54, 1.807) is 6.92 Å². The van der Waals surface area contributed by atoms with Gasteiger partial charge in [0.25, 0.3) is 5.91 Å². The minimum Gasteiger partial charge on any atom is -0.490 e. The van der Waals surface area contributed by atoms with Gasteiger partial charge in [-0.3, -0.25) is 4.79 Å². The molecule has 0 saturated carbocycles.